The van der Waals surface area contributed by atoms with Gasteiger partial charge >= 0.3 is 0 Å². The lowest BCUT2D eigenvalue weighted by atomic mass is 9.88. The molecule has 5 rings (SSSR count). The molecule has 3 atom stereocenters. The molecule has 7 heteroatoms. The fourth-order valence-electron chi connectivity index (χ4n) is 4.85. The first-order chi connectivity index (χ1) is 15.5. The standard InChI is InChI=1S/C25H23N3O3S/c26-16-17-12-14-18(15-13-17)32(30,31)27-21-8-5-11-24(25(21)29)28-22-9-3-1-6-19(22)20-7-2-4-10-23(20)28/h1-4,6-7,9-10,12-15,21,24-25,27,29H,5,8,11H2/t21-,24+,25+/m1/s1. The van der Waals surface area contributed by atoms with E-state index in [2.05, 4.69) is 21.4 Å². The molecule has 1 heterocycles. The monoisotopic (exact) mass is 445 g/mol. The average molecular weight is 446 g/mol. The fraction of sp³-hybridized carbons (Fsp3) is 0.240. The van der Waals surface area contributed by atoms with Crippen molar-refractivity contribution in [2.24, 2.45) is 0 Å². The summed E-state index contributed by atoms with van der Waals surface area (Å²) in [4.78, 5) is 0.0858. The minimum absolute atomic E-state index is 0.0858. The van der Waals surface area contributed by atoms with Gasteiger partial charge in [0, 0.05) is 21.8 Å². The molecule has 0 radical (unpaired) electrons. The fourth-order valence-corrected chi connectivity index (χ4v) is 6.14. The predicted octanol–water partition coefficient (Wildman–Crippen LogP) is 4.10. The van der Waals surface area contributed by atoms with Gasteiger partial charge in [-0.25, -0.2) is 13.1 Å². The highest BCUT2D eigenvalue weighted by atomic mass is 32.2. The highest BCUT2D eigenvalue weighted by Gasteiger charge is 2.36. The number of aromatic nitrogens is 1. The van der Waals surface area contributed by atoms with E-state index >= 15 is 0 Å². The van der Waals surface area contributed by atoms with E-state index in [4.69, 9.17) is 5.26 Å². The number of sulfonamides is 1. The van der Waals surface area contributed by atoms with E-state index in [1.54, 1.807) is 0 Å². The second-order valence-electron chi connectivity index (χ2n) is 8.26. The Bertz CT molecular complexity index is 1380. The molecule has 1 saturated carbocycles. The van der Waals surface area contributed by atoms with Crippen LogP contribution in [-0.4, -0.2) is 30.2 Å². The van der Waals surface area contributed by atoms with Gasteiger partial charge in [0.05, 0.1) is 34.7 Å². The number of aliphatic hydroxyl groups excluding tert-OH is 1. The quantitative estimate of drug-likeness (QED) is 0.494. The highest BCUT2D eigenvalue weighted by molar-refractivity contribution is 7.89. The Kier molecular flexibility index (Phi) is 5.22. The molecule has 1 aromatic heterocycles. The van der Waals surface area contributed by atoms with E-state index in [1.165, 1.54) is 24.3 Å². The van der Waals surface area contributed by atoms with Crippen LogP contribution in [-0.2, 0) is 10.0 Å². The summed E-state index contributed by atoms with van der Waals surface area (Å²) in [7, 11) is -3.82. The summed E-state index contributed by atoms with van der Waals surface area (Å²) < 4.78 is 30.8. The number of nitriles is 1. The smallest absolute Gasteiger partial charge is 0.240 e. The van der Waals surface area contributed by atoms with Crippen molar-refractivity contribution in [3.63, 3.8) is 0 Å². The molecule has 4 aromatic rings. The minimum atomic E-state index is -3.82. The maximum atomic E-state index is 13.0. The van der Waals surface area contributed by atoms with Gasteiger partial charge < -0.3 is 9.67 Å². The SMILES string of the molecule is N#Cc1ccc(S(=O)(=O)N[C@@H]2CCC[C@H](n3c4ccccc4c4ccccc43)[C@H]2O)cc1. The van der Waals surface area contributed by atoms with Crippen molar-refractivity contribution in [2.45, 2.75) is 42.3 Å². The van der Waals surface area contributed by atoms with Gasteiger partial charge in [0.25, 0.3) is 0 Å². The van der Waals surface area contributed by atoms with Crippen molar-refractivity contribution < 1.29 is 13.5 Å². The molecular formula is C25H23N3O3S. The molecule has 0 bridgehead atoms. The summed E-state index contributed by atoms with van der Waals surface area (Å²) in [6.45, 7) is 0. The second kappa shape index (κ2) is 8.06. The molecule has 1 aliphatic rings. The largest absolute Gasteiger partial charge is 0.389 e. The number of nitrogens with one attached hydrogen (secondary N) is 1. The minimum Gasteiger partial charge on any atom is -0.389 e. The van der Waals surface area contributed by atoms with Crippen LogP contribution in [0.1, 0.15) is 30.9 Å². The third-order valence-electron chi connectivity index (χ3n) is 6.37. The van der Waals surface area contributed by atoms with Crippen LogP contribution in [0.2, 0.25) is 0 Å². The molecule has 6 nitrogen and oxygen atoms in total. The van der Waals surface area contributed by atoms with Crippen molar-refractivity contribution >= 4 is 31.8 Å². The second-order valence-corrected chi connectivity index (χ2v) is 9.97. The predicted molar refractivity (Wildman–Crippen MR) is 124 cm³/mol. The summed E-state index contributed by atoms with van der Waals surface area (Å²) in [5.41, 5.74) is 2.47. The van der Waals surface area contributed by atoms with E-state index in [9.17, 15) is 13.5 Å². The lowest BCUT2D eigenvalue weighted by molar-refractivity contribution is 0.0547. The van der Waals surface area contributed by atoms with Crippen LogP contribution in [0.25, 0.3) is 21.8 Å². The van der Waals surface area contributed by atoms with Gasteiger partial charge in [-0.05, 0) is 55.7 Å². The molecule has 3 aromatic carbocycles. The summed E-state index contributed by atoms with van der Waals surface area (Å²) in [5, 5.41) is 22.5. The number of hydrogen-bond donors (Lipinski definition) is 2. The van der Waals surface area contributed by atoms with E-state index < -0.39 is 22.2 Å². The Morgan fingerprint density at radius 2 is 1.50 bits per heavy atom. The number of rotatable bonds is 4. The van der Waals surface area contributed by atoms with Gasteiger partial charge in [-0.1, -0.05) is 36.4 Å². The van der Waals surface area contributed by atoms with Crippen LogP contribution in [0.4, 0.5) is 0 Å². The van der Waals surface area contributed by atoms with Crippen LogP contribution >= 0.6 is 0 Å². The van der Waals surface area contributed by atoms with E-state index in [1.807, 2.05) is 42.5 Å². The zero-order valence-corrected chi connectivity index (χ0v) is 18.2. The molecule has 0 saturated heterocycles. The van der Waals surface area contributed by atoms with Gasteiger partial charge in [-0.3, -0.25) is 0 Å². The van der Waals surface area contributed by atoms with Crippen LogP contribution in [0.15, 0.2) is 77.7 Å². The molecular weight excluding hydrogens is 422 g/mol. The number of benzene rings is 3. The molecule has 162 valence electrons. The Hall–Kier alpha value is -3.18. The van der Waals surface area contributed by atoms with Crippen molar-refractivity contribution in [1.82, 2.24) is 9.29 Å². The van der Waals surface area contributed by atoms with Crippen molar-refractivity contribution in [3.05, 3.63) is 78.4 Å². The first-order valence-corrected chi connectivity index (χ1v) is 12.2. The molecule has 0 amide bonds. The Balaban J connectivity index is 1.50. The van der Waals surface area contributed by atoms with Gasteiger partial charge in [-0.2, -0.15) is 5.26 Å². The normalized spacial score (nSPS) is 21.6. The lowest BCUT2D eigenvalue weighted by Gasteiger charge is -2.36. The molecule has 2 N–H and O–H groups in total. The summed E-state index contributed by atoms with van der Waals surface area (Å²) in [5.74, 6) is 0. The lowest BCUT2D eigenvalue weighted by Crippen LogP contribution is -2.49. The third kappa shape index (κ3) is 3.47. The Morgan fingerprint density at radius 3 is 2.09 bits per heavy atom. The summed E-state index contributed by atoms with van der Waals surface area (Å²) >= 11 is 0. The number of para-hydroxylation sites is 2. The van der Waals surface area contributed by atoms with Crippen LogP contribution in [0.3, 0.4) is 0 Å². The van der Waals surface area contributed by atoms with Gasteiger partial charge in [-0.15, -0.1) is 0 Å². The molecule has 0 spiro atoms. The van der Waals surface area contributed by atoms with Gasteiger partial charge in [0.1, 0.15) is 0 Å². The third-order valence-corrected chi connectivity index (χ3v) is 7.88. The summed E-state index contributed by atoms with van der Waals surface area (Å²) in [6.07, 6.45) is 1.24. The first-order valence-electron chi connectivity index (χ1n) is 10.7. The molecule has 1 aliphatic carbocycles. The zero-order chi connectivity index (χ0) is 22.3. The van der Waals surface area contributed by atoms with Crippen molar-refractivity contribution in [1.29, 1.82) is 5.26 Å². The van der Waals surface area contributed by atoms with Gasteiger partial charge in [0.15, 0.2) is 0 Å². The average Bonchev–Trinajstić information content (AvgIpc) is 3.15. The van der Waals surface area contributed by atoms with Crippen LogP contribution in [0, 0.1) is 11.3 Å². The van der Waals surface area contributed by atoms with Crippen LogP contribution < -0.4 is 4.72 Å². The summed E-state index contributed by atoms with van der Waals surface area (Å²) in [6, 6.07) is 23.2. The molecule has 0 aliphatic heterocycles. The van der Waals surface area contributed by atoms with Crippen molar-refractivity contribution in [2.75, 3.05) is 0 Å². The number of hydrogen-bond acceptors (Lipinski definition) is 4. The van der Waals surface area contributed by atoms with Crippen LogP contribution in [0.5, 0.6) is 0 Å². The maximum absolute atomic E-state index is 13.0. The zero-order valence-electron chi connectivity index (χ0n) is 17.3. The Labute approximate surface area is 186 Å². The Morgan fingerprint density at radius 1 is 0.906 bits per heavy atom. The molecule has 1 fully saturated rings. The number of aliphatic hydroxyl groups is 1. The first kappa shape index (κ1) is 20.7. The van der Waals surface area contributed by atoms with E-state index in [0.29, 0.717) is 12.0 Å². The topological polar surface area (TPSA) is 95.1 Å². The highest BCUT2D eigenvalue weighted by Crippen LogP contribution is 2.38. The van der Waals surface area contributed by atoms with E-state index in [0.717, 1.165) is 34.6 Å². The van der Waals surface area contributed by atoms with E-state index in [-0.39, 0.29) is 10.9 Å². The number of nitrogens with zero attached hydrogens (tertiary/aromatic N) is 2. The molecule has 32 heavy (non-hydrogen) atoms. The van der Waals surface area contributed by atoms with Crippen molar-refractivity contribution in [3.8, 4) is 6.07 Å². The number of fused-ring (bicyclic) bond motifs is 3. The maximum Gasteiger partial charge on any atom is 0.240 e. The molecule has 0 unspecified atom stereocenters. The van der Waals surface area contributed by atoms with Gasteiger partial charge in [0.2, 0.25) is 10.0 Å².